The topological polar surface area (TPSA) is 94.7 Å². The molecule has 2 amide bonds. The van der Waals surface area contributed by atoms with Gasteiger partial charge in [0, 0.05) is 56.2 Å². The lowest BCUT2D eigenvalue weighted by molar-refractivity contribution is 0.0592. The fourth-order valence-corrected chi connectivity index (χ4v) is 6.60. The van der Waals surface area contributed by atoms with Crippen LogP contribution >= 0.6 is 0 Å². The van der Waals surface area contributed by atoms with Crippen molar-refractivity contribution in [2.45, 2.75) is 72.1 Å². The van der Waals surface area contributed by atoms with Crippen LogP contribution in [0.5, 0.6) is 0 Å². The van der Waals surface area contributed by atoms with Gasteiger partial charge in [-0.1, -0.05) is 67.1 Å². The standard InChI is InChI=1S/C23H29N3O3.C15H15NO2.C8H17N/c1-18(2)24-13-15-25(16-14-24)23(28)26(21-7-5-4-6-8-21)17-19-9-11-20(12-10-19)22(27)29-3;1-18-15(17)13-9-7-12(8-10-13)11-16-14-5-3-2-4-6-14;1-8(2)9-6-4-3-5-7-9/h4-12,18H,13-17H2,1-3H3;2-10,16H,11H2,1H3;8H,3-7H2,1-2H3. The molecular formula is C46H61N5O5. The minimum absolute atomic E-state index is 0.0108. The van der Waals surface area contributed by atoms with Gasteiger partial charge in [-0.2, -0.15) is 0 Å². The first-order chi connectivity index (χ1) is 27.1. The molecule has 0 saturated carbocycles. The van der Waals surface area contributed by atoms with E-state index in [-0.39, 0.29) is 18.0 Å². The second-order valence-electron chi connectivity index (χ2n) is 14.6. The van der Waals surface area contributed by atoms with Crippen LogP contribution in [0, 0.1) is 0 Å². The number of rotatable bonds is 10. The van der Waals surface area contributed by atoms with Crippen molar-refractivity contribution in [3.05, 3.63) is 131 Å². The van der Waals surface area contributed by atoms with E-state index >= 15 is 0 Å². The van der Waals surface area contributed by atoms with E-state index in [4.69, 9.17) is 4.74 Å². The first-order valence-electron chi connectivity index (χ1n) is 19.8. The number of carbonyl (C=O) groups is 3. The third-order valence-electron chi connectivity index (χ3n) is 10.1. The van der Waals surface area contributed by atoms with Crippen LogP contribution in [0.4, 0.5) is 16.2 Å². The number of piperidine rings is 1. The van der Waals surface area contributed by atoms with Crippen molar-refractivity contribution in [1.29, 1.82) is 0 Å². The molecule has 2 heterocycles. The molecule has 1 N–H and O–H groups in total. The summed E-state index contributed by atoms with van der Waals surface area (Å²) in [4.78, 5) is 45.0. The number of anilines is 2. The van der Waals surface area contributed by atoms with Crippen LogP contribution in [-0.2, 0) is 22.6 Å². The van der Waals surface area contributed by atoms with Gasteiger partial charge in [-0.3, -0.25) is 9.80 Å². The number of methoxy groups -OCH3 is 2. The van der Waals surface area contributed by atoms with Crippen LogP contribution in [0.1, 0.15) is 78.8 Å². The smallest absolute Gasteiger partial charge is 0.337 e. The molecule has 300 valence electrons. The summed E-state index contributed by atoms with van der Waals surface area (Å²) in [6.45, 7) is 16.0. The highest BCUT2D eigenvalue weighted by molar-refractivity contribution is 5.92. The number of amides is 2. The van der Waals surface area contributed by atoms with E-state index in [0.29, 0.717) is 23.7 Å². The zero-order valence-electron chi connectivity index (χ0n) is 34.2. The van der Waals surface area contributed by atoms with E-state index in [2.05, 4.69) is 47.5 Å². The van der Waals surface area contributed by atoms with Gasteiger partial charge >= 0.3 is 18.0 Å². The van der Waals surface area contributed by atoms with Gasteiger partial charge in [0.25, 0.3) is 0 Å². The number of benzene rings is 4. The molecule has 6 rings (SSSR count). The zero-order valence-corrected chi connectivity index (χ0v) is 34.2. The lowest BCUT2D eigenvalue weighted by Gasteiger charge is -2.39. The normalized spacial score (nSPS) is 14.5. The van der Waals surface area contributed by atoms with Crippen LogP contribution < -0.4 is 10.2 Å². The molecule has 0 atom stereocenters. The Bertz CT molecular complexity index is 1740. The lowest BCUT2D eigenvalue weighted by Crippen LogP contribution is -2.54. The first-order valence-corrected chi connectivity index (χ1v) is 19.8. The summed E-state index contributed by atoms with van der Waals surface area (Å²) in [6, 6.07) is 35.6. The SMILES string of the molecule is CC(C)N1CCCCC1.COC(=O)c1ccc(CN(C(=O)N2CCN(C(C)C)CC2)c2ccccc2)cc1.COC(=O)c1ccc(CNc2ccccc2)cc1. The molecule has 4 aromatic carbocycles. The highest BCUT2D eigenvalue weighted by Gasteiger charge is 2.27. The molecule has 0 unspecified atom stereocenters. The second-order valence-corrected chi connectivity index (χ2v) is 14.6. The van der Waals surface area contributed by atoms with Gasteiger partial charge < -0.3 is 24.6 Å². The molecule has 0 spiro atoms. The molecule has 2 aliphatic rings. The third-order valence-corrected chi connectivity index (χ3v) is 10.1. The van der Waals surface area contributed by atoms with Gasteiger partial charge in [-0.15, -0.1) is 0 Å². The Labute approximate surface area is 334 Å². The van der Waals surface area contributed by atoms with Crippen molar-refractivity contribution in [3.8, 4) is 0 Å². The van der Waals surface area contributed by atoms with Crippen molar-refractivity contribution in [3.63, 3.8) is 0 Å². The van der Waals surface area contributed by atoms with Crippen molar-refractivity contribution in [2.24, 2.45) is 0 Å². The number of likely N-dealkylation sites (tertiary alicyclic amines) is 1. The highest BCUT2D eigenvalue weighted by atomic mass is 16.5. The quantitative estimate of drug-likeness (QED) is 0.161. The van der Waals surface area contributed by atoms with Gasteiger partial charge in [0.15, 0.2) is 0 Å². The molecule has 0 aromatic heterocycles. The van der Waals surface area contributed by atoms with Gasteiger partial charge in [-0.25, -0.2) is 14.4 Å². The zero-order chi connectivity index (χ0) is 40.3. The van der Waals surface area contributed by atoms with Gasteiger partial charge in [0.1, 0.15) is 0 Å². The van der Waals surface area contributed by atoms with Crippen molar-refractivity contribution >= 4 is 29.3 Å². The number of hydrogen-bond donors (Lipinski definition) is 1. The monoisotopic (exact) mass is 763 g/mol. The molecule has 2 aliphatic heterocycles. The number of piperazine rings is 1. The van der Waals surface area contributed by atoms with Crippen LogP contribution in [-0.4, -0.2) is 98.2 Å². The van der Waals surface area contributed by atoms with E-state index in [1.165, 1.54) is 46.6 Å². The number of ether oxygens (including phenoxy) is 2. The maximum absolute atomic E-state index is 13.4. The number of urea groups is 1. The Morgan fingerprint density at radius 2 is 1.05 bits per heavy atom. The summed E-state index contributed by atoms with van der Waals surface area (Å²) in [5.41, 5.74) is 5.08. The summed E-state index contributed by atoms with van der Waals surface area (Å²) in [7, 11) is 2.75. The van der Waals surface area contributed by atoms with Crippen molar-refractivity contribution in [1.82, 2.24) is 14.7 Å². The van der Waals surface area contributed by atoms with E-state index in [9.17, 15) is 14.4 Å². The fourth-order valence-electron chi connectivity index (χ4n) is 6.60. The number of carbonyl (C=O) groups excluding carboxylic acids is 3. The second kappa shape index (κ2) is 23.0. The molecule has 2 saturated heterocycles. The number of esters is 2. The minimum atomic E-state index is -0.365. The molecule has 4 aromatic rings. The minimum Gasteiger partial charge on any atom is -0.465 e. The van der Waals surface area contributed by atoms with E-state index in [1.54, 1.807) is 29.2 Å². The highest BCUT2D eigenvalue weighted by Crippen LogP contribution is 2.21. The molecule has 56 heavy (non-hydrogen) atoms. The first kappa shape index (κ1) is 43.5. The Hall–Kier alpha value is -5.19. The predicted octanol–water partition coefficient (Wildman–Crippen LogP) is 8.59. The largest absolute Gasteiger partial charge is 0.465 e. The Morgan fingerprint density at radius 1 is 0.589 bits per heavy atom. The number of nitrogens with one attached hydrogen (secondary N) is 1. The third kappa shape index (κ3) is 13.8. The molecule has 2 fully saturated rings. The van der Waals surface area contributed by atoms with Crippen molar-refractivity contribution in [2.75, 3.05) is 63.7 Å². The molecular weight excluding hydrogens is 703 g/mol. The number of nitrogens with zero attached hydrogens (tertiary/aromatic N) is 4. The number of para-hydroxylation sites is 2. The van der Waals surface area contributed by atoms with Crippen LogP contribution in [0.3, 0.4) is 0 Å². The molecule has 0 radical (unpaired) electrons. The summed E-state index contributed by atoms with van der Waals surface area (Å²) < 4.78 is 9.41. The van der Waals surface area contributed by atoms with E-state index < -0.39 is 0 Å². The summed E-state index contributed by atoms with van der Waals surface area (Å²) in [6.07, 6.45) is 4.28. The summed E-state index contributed by atoms with van der Waals surface area (Å²) in [5.74, 6) is -0.673. The summed E-state index contributed by atoms with van der Waals surface area (Å²) >= 11 is 0. The lowest BCUT2D eigenvalue weighted by atomic mass is 10.1. The maximum Gasteiger partial charge on any atom is 0.337 e. The average molecular weight is 764 g/mol. The van der Waals surface area contributed by atoms with Gasteiger partial charge in [0.05, 0.1) is 31.9 Å². The van der Waals surface area contributed by atoms with Crippen molar-refractivity contribution < 1.29 is 23.9 Å². The Morgan fingerprint density at radius 3 is 1.52 bits per heavy atom. The predicted molar refractivity (Wildman–Crippen MR) is 226 cm³/mol. The number of hydrogen-bond acceptors (Lipinski definition) is 8. The van der Waals surface area contributed by atoms with E-state index in [1.807, 2.05) is 89.8 Å². The van der Waals surface area contributed by atoms with Crippen LogP contribution in [0.25, 0.3) is 0 Å². The molecule has 0 aliphatic carbocycles. The van der Waals surface area contributed by atoms with Gasteiger partial charge in [-0.05, 0) is 113 Å². The van der Waals surface area contributed by atoms with Gasteiger partial charge in [0.2, 0.25) is 0 Å². The van der Waals surface area contributed by atoms with E-state index in [0.717, 1.165) is 61.3 Å². The molecule has 10 heteroatoms. The summed E-state index contributed by atoms with van der Waals surface area (Å²) in [5, 5.41) is 3.31. The van der Waals surface area contributed by atoms with Crippen LogP contribution in [0.15, 0.2) is 109 Å². The van der Waals surface area contributed by atoms with Crippen LogP contribution in [0.2, 0.25) is 0 Å². The average Bonchev–Trinajstić information content (AvgIpc) is 3.26. The molecule has 10 nitrogen and oxygen atoms in total. The maximum atomic E-state index is 13.4. The Balaban J connectivity index is 0.000000217. The fraction of sp³-hybridized carbons (Fsp3) is 0.413. The Kier molecular flexibility index (Phi) is 17.9. The molecule has 0 bridgehead atoms.